The minimum absolute atomic E-state index is 0.502. The van der Waals surface area contributed by atoms with E-state index in [1.54, 1.807) is 0 Å². The van der Waals surface area contributed by atoms with Gasteiger partial charge < -0.3 is 15.1 Å². The minimum Gasteiger partial charge on any atom is -0.459 e. The Hall–Kier alpha value is -2.18. The average molecular weight is 402 g/mol. The normalized spacial score (nSPS) is 10.4. The van der Waals surface area contributed by atoms with Gasteiger partial charge in [0, 0.05) is 10.0 Å². The molecule has 0 spiro atoms. The van der Waals surface area contributed by atoms with E-state index in [1.165, 1.54) is 0 Å². The van der Waals surface area contributed by atoms with Gasteiger partial charge in [0.25, 0.3) is 0 Å². The number of nitrogens with one attached hydrogen (secondary N) is 2. The zero-order valence-electron chi connectivity index (χ0n) is 13.0. The van der Waals surface area contributed by atoms with Crippen molar-refractivity contribution in [2.75, 3.05) is 5.32 Å². The summed E-state index contributed by atoms with van der Waals surface area (Å²) in [5, 5.41) is 6.69. The molecule has 4 nitrogen and oxygen atoms in total. The lowest BCUT2D eigenvalue weighted by atomic mass is 10.2. The summed E-state index contributed by atoms with van der Waals surface area (Å²) in [5.41, 5.74) is 1.96. The van der Waals surface area contributed by atoms with Crippen molar-refractivity contribution in [1.29, 1.82) is 0 Å². The van der Waals surface area contributed by atoms with Crippen LogP contribution in [0, 0.1) is 6.92 Å². The molecule has 0 bridgehead atoms. The van der Waals surface area contributed by atoms with Crippen molar-refractivity contribution in [3.63, 3.8) is 0 Å². The summed E-state index contributed by atoms with van der Waals surface area (Å²) in [6, 6.07) is 17.7. The molecule has 0 aliphatic rings. The molecule has 0 fully saturated rings. The zero-order chi connectivity index (χ0) is 16.9. The van der Waals surface area contributed by atoms with Crippen LogP contribution in [0.1, 0.15) is 11.5 Å². The monoisotopic (exact) mass is 401 g/mol. The summed E-state index contributed by atoms with van der Waals surface area (Å²) < 4.78 is 6.80. The third-order valence-electron chi connectivity index (χ3n) is 3.41. The number of aromatic nitrogens is 1. The predicted molar refractivity (Wildman–Crippen MR) is 104 cm³/mol. The van der Waals surface area contributed by atoms with E-state index in [4.69, 9.17) is 16.6 Å². The number of pyridine rings is 1. The van der Waals surface area contributed by atoms with Gasteiger partial charge in [-0.3, -0.25) is 0 Å². The number of rotatable bonds is 4. The minimum atomic E-state index is 0.502. The number of anilines is 1. The Bertz CT molecular complexity index is 848. The van der Waals surface area contributed by atoms with Crippen molar-refractivity contribution < 1.29 is 4.42 Å². The maximum absolute atomic E-state index is 5.83. The second-order valence-electron chi connectivity index (χ2n) is 5.20. The largest absolute Gasteiger partial charge is 0.459 e. The number of nitrogens with zero attached hydrogens (tertiary/aromatic N) is 1. The lowest BCUT2D eigenvalue weighted by Crippen LogP contribution is -2.28. The molecular weight excluding hydrogens is 386 g/mol. The highest BCUT2D eigenvalue weighted by atomic mass is 79.9. The van der Waals surface area contributed by atoms with E-state index in [-0.39, 0.29) is 0 Å². The molecule has 6 heteroatoms. The van der Waals surface area contributed by atoms with Gasteiger partial charge in [-0.05, 0) is 59.3 Å². The van der Waals surface area contributed by atoms with Gasteiger partial charge in [0.2, 0.25) is 0 Å². The SMILES string of the molecule is Cc1nc(NC(=S)NCc2ccc(-c3ccccc3)o2)ccc1Br. The second-order valence-corrected chi connectivity index (χ2v) is 6.47. The number of thiocarbonyl (C=S) groups is 1. The van der Waals surface area contributed by atoms with Crippen LogP contribution in [0.2, 0.25) is 0 Å². The number of furan rings is 1. The Morgan fingerprint density at radius 3 is 2.67 bits per heavy atom. The average Bonchev–Trinajstić information content (AvgIpc) is 3.06. The first-order valence-electron chi connectivity index (χ1n) is 7.44. The number of hydrogen-bond donors (Lipinski definition) is 2. The first-order valence-corrected chi connectivity index (χ1v) is 8.64. The molecule has 0 radical (unpaired) electrons. The number of benzene rings is 1. The van der Waals surface area contributed by atoms with Crippen LogP contribution in [-0.2, 0) is 6.54 Å². The van der Waals surface area contributed by atoms with Crippen molar-refractivity contribution in [2.45, 2.75) is 13.5 Å². The van der Waals surface area contributed by atoms with E-state index in [9.17, 15) is 0 Å². The quantitative estimate of drug-likeness (QED) is 0.608. The first-order chi connectivity index (χ1) is 11.6. The van der Waals surface area contributed by atoms with Crippen LogP contribution >= 0.6 is 28.1 Å². The molecule has 0 saturated carbocycles. The highest BCUT2D eigenvalue weighted by Gasteiger charge is 2.06. The Kier molecular flexibility index (Phi) is 5.27. The van der Waals surface area contributed by atoms with Crippen molar-refractivity contribution in [3.8, 4) is 11.3 Å². The van der Waals surface area contributed by atoms with Gasteiger partial charge >= 0.3 is 0 Å². The van der Waals surface area contributed by atoms with Crippen molar-refractivity contribution in [1.82, 2.24) is 10.3 Å². The molecule has 0 amide bonds. The van der Waals surface area contributed by atoms with Crippen molar-refractivity contribution in [3.05, 3.63) is 70.5 Å². The molecule has 2 heterocycles. The molecule has 0 aliphatic heterocycles. The van der Waals surface area contributed by atoms with Crippen LogP contribution in [0.3, 0.4) is 0 Å². The topological polar surface area (TPSA) is 50.1 Å². The first kappa shape index (κ1) is 16.7. The van der Waals surface area contributed by atoms with Crippen molar-refractivity contribution >= 4 is 39.1 Å². The summed E-state index contributed by atoms with van der Waals surface area (Å²) in [6.45, 7) is 2.44. The maximum Gasteiger partial charge on any atom is 0.172 e. The molecule has 3 aromatic rings. The molecule has 24 heavy (non-hydrogen) atoms. The number of aryl methyl sites for hydroxylation is 1. The summed E-state index contributed by atoms with van der Waals surface area (Å²) in [6.07, 6.45) is 0. The predicted octanol–water partition coefficient (Wildman–Crippen LogP) is 4.90. The molecule has 0 saturated heterocycles. The molecule has 0 aliphatic carbocycles. The Morgan fingerprint density at radius 2 is 1.92 bits per heavy atom. The van der Waals surface area contributed by atoms with Gasteiger partial charge in [-0.1, -0.05) is 30.3 Å². The van der Waals surface area contributed by atoms with Crippen LogP contribution < -0.4 is 10.6 Å². The van der Waals surface area contributed by atoms with Crippen LogP contribution in [0.25, 0.3) is 11.3 Å². The summed E-state index contributed by atoms with van der Waals surface area (Å²) in [5.74, 6) is 2.37. The third kappa shape index (κ3) is 4.21. The molecule has 0 unspecified atom stereocenters. The van der Waals surface area contributed by atoms with Crippen LogP contribution in [0.15, 0.2) is 63.5 Å². The van der Waals surface area contributed by atoms with Gasteiger partial charge in [0.05, 0.1) is 12.2 Å². The molecule has 2 aromatic heterocycles. The maximum atomic E-state index is 5.83. The highest BCUT2D eigenvalue weighted by molar-refractivity contribution is 9.10. The fourth-order valence-corrected chi connectivity index (χ4v) is 2.57. The summed E-state index contributed by atoms with van der Waals surface area (Å²) in [7, 11) is 0. The molecule has 122 valence electrons. The van der Waals surface area contributed by atoms with Gasteiger partial charge in [0.1, 0.15) is 17.3 Å². The molecule has 1 aromatic carbocycles. The molecule has 3 rings (SSSR count). The Labute approximate surface area is 154 Å². The van der Waals surface area contributed by atoms with Gasteiger partial charge in [-0.15, -0.1) is 0 Å². The van der Waals surface area contributed by atoms with Crippen molar-refractivity contribution in [2.24, 2.45) is 0 Å². The number of hydrogen-bond acceptors (Lipinski definition) is 3. The number of halogens is 1. The van der Waals surface area contributed by atoms with Gasteiger partial charge in [0.15, 0.2) is 5.11 Å². The molecule has 2 N–H and O–H groups in total. The van der Waals surface area contributed by atoms with Crippen LogP contribution in [0.4, 0.5) is 5.82 Å². The van der Waals surface area contributed by atoms with Crippen LogP contribution in [0.5, 0.6) is 0 Å². The van der Waals surface area contributed by atoms with Crippen LogP contribution in [-0.4, -0.2) is 10.1 Å². The lowest BCUT2D eigenvalue weighted by Gasteiger charge is -2.09. The fraction of sp³-hybridized carbons (Fsp3) is 0.111. The lowest BCUT2D eigenvalue weighted by molar-refractivity contribution is 0.516. The molecular formula is C18H16BrN3OS. The fourth-order valence-electron chi connectivity index (χ4n) is 2.17. The summed E-state index contributed by atoms with van der Waals surface area (Å²) in [4.78, 5) is 4.40. The van der Waals surface area contributed by atoms with E-state index in [0.717, 1.165) is 27.3 Å². The van der Waals surface area contributed by atoms with E-state index >= 15 is 0 Å². The van der Waals surface area contributed by atoms with E-state index in [1.807, 2.05) is 61.5 Å². The molecule has 0 atom stereocenters. The van der Waals surface area contributed by atoms with E-state index in [2.05, 4.69) is 31.5 Å². The standard InChI is InChI=1S/C18H16BrN3OS/c1-12-15(19)8-10-17(21-12)22-18(24)20-11-14-7-9-16(23-14)13-5-3-2-4-6-13/h2-10H,11H2,1H3,(H2,20,21,22,24). The van der Waals surface area contributed by atoms with Gasteiger partial charge in [-0.25, -0.2) is 4.98 Å². The van der Waals surface area contributed by atoms with E-state index < -0.39 is 0 Å². The van der Waals surface area contributed by atoms with E-state index in [0.29, 0.717) is 17.5 Å². The third-order valence-corrected chi connectivity index (χ3v) is 4.49. The zero-order valence-corrected chi connectivity index (χ0v) is 15.4. The Balaban J connectivity index is 1.56. The summed E-state index contributed by atoms with van der Waals surface area (Å²) >= 11 is 8.72. The Morgan fingerprint density at radius 1 is 1.12 bits per heavy atom. The van der Waals surface area contributed by atoms with Gasteiger partial charge in [-0.2, -0.15) is 0 Å². The highest BCUT2D eigenvalue weighted by Crippen LogP contribution is 2.21. The smallest absolute Gasteiger partial charge is 0.172 e. The second kappa shape index (κ2) is 7.59.